The Morgan fingerprint density at radius 2 is 1.94 bits per heavy atom. The van der Waals surface area contributed by atoms with Gasteiger partial charge in [0.1, 0.15) is 0 Å². The molecule has 1 amide bonds. The van der Waals surface area contributed by atoms with Crippen LogP contribution in [0.25, 0.3) is 0 Å². The minimum absolute atomic E-state index is 0.0801. The van der Waals surface area contributed by atoms with Gasteiger partial charge in [0.2, 0.25) is 5.91 Å². The zero-order valence-electron chi connectivity index (χ0n) is 11.5. The van der Waals surface area contributed by atoms with Crippen LogP contribution >= 0.6 is 0 Å². The molecule has 1 N–H and O–H groups in total. The largest absolute Gasteiger partial charge is 0.468 e. The quantitative estimate of drug-likeness (QED) is 0.443. The number of amides is 1. The van der Waals surface area contributed by atoms with Crippen LogP contribution in [-0.4, -0.2) is 63.8 Å². The summed E-state index contributed by atoms with van der Waals surface area (Å²) < 4.78 is 9.48. The first kappa shape index (κ1) is 16.9. The number of ether oxygens (including phenoxy) is 2. The number of esters is 1. The van der Waals surface area contributed by atoms with Crippen LogP contribution in [0.4, 0.5) is 0 Å². The average Bonchev–Trinajstić information content (AvgIpc) is 2.34. The second-order valence-electron chi connectivity index (χ2n) is 3.98. The zero-order chi connectivity index (χ0) is 13.8. The van der Waals surface area contributed by atoms with E-state index in [1.165, 1.54) is 7.11 Å². The van der Waals surface area contributed by atoms with Gasteiger partial charge in [-0.1, -0.05) is 6.92 Å². The Morgan fingerprint density at radius 1 is 1.22 bits per heavy atom. The van der Waals surface area contributed by atoms with Crippen LogP contribution in [0, 0.1) is 0 Å². The molecular weight excluding hydrogens is 236 g/mol. The van der Waals surface area contributed by atoms with E-state index in [2.05, 4.69) is 10.1 Å². The highest BCUT2D eigenvalue weighted by atomic mass is 16.5. The molecule has 0 saturated carbocycles. The summed E-state index contributed by atoms with van der Waals surface area (Å²) >= 11 is 0. The van der Waals surface area contributed by atoms with Gasteiger partial charge in [0.25, 0.3) is 0 Å². The van der Waals surface area contributed by atoms with Crippen molar-refractivity contribution in [2.24, 2.45) is 0 Å². The SMILES string of the molecule is CCCN(CC(=O)NCCCOC)CC(=O)OC. The van der Waals surface area contributed by atoms with Crippen molar-refractivity contribution < 1.29 is 19.1 Å². The molecule has 6 nitrogen and oxygen atoms in total. The first-order chi connectivity index (χ1) is 8.63. The molecule has 0 heterocycles. The molecule has 0 aromatic rings. The summed E-state index contributed by atoms with van der Waals surface area (Å²) in [5, 5.41) is 2.78. The van der Waals surface area contributed by atoms with E-state index in [9.17, 15) is 9.59 Å². The van der Waals surface area contributed by atoms with Crippen LogP contribution in [0.5, 0.6) is 0 Å². The predicted octanol–water partition coefficient (Wildman–Crippen LogP) is 0.0241. The molecule has 0 atom stereocenters. The van der Waals surface area contributed by atoms with Crippen molar-refractivity contribution in [1.29, 1.82) is 0 Å². The standard InChI is InChI=1S/C12H24N2O4/c1-4-7-14(10-12(16)18-3)9-11(15)13-6-5-8-17-2/h4-10H2,1-3H3,(H,13,15). The Kier molecular flexibility index (Phi) is 10.3. The van der Waals surface area contributed by atoms with Crippen molar-refractivity contribution in [2.45, 2.75) is 19.8 Å². The van der Waals surface area contributed by atoms with Gasteiger partial charge in [0, 0.05) is 20.3 Å². The second kappa shape index (κ2) is 11.0. The fourth-order valence-corrected chi connectivity index (χ4v) is 1.48. The van der Waals surface area contributed by atoms with Crippen LogP contribution in [0.2, 0.25) is 0 Å². The Balaban J connectivity index is 3.91. The fraction of sp³-hybridized carbons (Fsp3) is 0.833. The van der Waals surface area contributed by atoms with E-state index >= 15 is 0 Å². The van der Waals surface area contributed by atoms with E-state index in [-0.39, 0.29) is 25.0 Å². The fourth-order valence-electron chi connectivity index (χ4n) is 1.48. The highest BCUT2D eigenvalue weighted by Crippen LogP contribution is 1.92. The molecule has 0 aromatic carbocycles. The molecule has 0 radical (unpaired) electrons. The van der Waals surface area contributed by atoms with Gasteiger partial charge in [0.15, 0.2) is 0 Å². The summed E-state index contributed by atoms with van der Waals surface area (Å²) in [7, 11) is 2.97. The third-order valence-corrected chi connectivity index (χ3v) is 2.33. The van der Waals surface area contributed by atoms with Gasteiger partial charge in [-0.25, -0.2) is 0 Å². The van der Waals surface area contributed by atoms with Crippen LogP contribution in [-0.2, 0) is 19.1 Å². The summed E-state index contributed by atoms with van der Waals surface area (Å²) in [6, 6.07) is 0. The number of methoxy groups -OCH3 is 2. The van der Waals surface area contributed by atoms with E-state index in [4.69, 9.17) is 4.74 Å². The Hall–Kier alpha value is -1.14. The molecule has 0 aliphatic carbocycles. The maximum atomic E-state index is 11.6. The number of nitrogens with one attached hydrogen (secondary N) is 1. The molecule has 0 unspecified atom stereocenters. The first-order valence-corrected chi connectivity index (χ1v) is 6.18. The second-order valence-corrected chi connectivity index (χ2v) is 3.98. The van der Waals surface area contributed by atoms with E-state index in [0.29, 0.717) is 19.7 Å². The maximum absolute atomic E-state index is 11.6. The lowest BCUT2D eigenvalue weighted by Gasteiger charge is -2.19. The van der Waals surface area contributed by atoms with Gasteiger partial charge in [-0.2, -0.15) is 0 Å². The molecule has 0 bridgehead atoms. The lowest BCUT2D eigenvalue weighted by atomic mass is 10.3. The molecule has 0 saturated heterocycles. The van der Waals surface area contributed by atoms with Crippen LogP contribution in [0.1, 0.15) is 19.8 Å². The van der Waals surface area contributed by atoms with E-state index in [1.54, 1.807) is 12.0 Å². The average molecular weight is 260 g/mol. The van der Waals surface area contributed by atoms with E-state index in [0.717, 1.165) is 12.8 Å². The minimum atomic E-state index is -0.323. The smallest absolute Gasteiger partial charge is 0.319 e. The lowest BCUT2D eigenvalue weighted by Crippen LogP contribution is -2.40. The maximum Gasteiger partial charge on any atom is 0.319 e. The minimum Gasteiger partial charge on any atom is -0.468 e. The number of carbonyl (C=O) groups is 2. The van der Waals surface area contributed by atoms with Gasteiger partial charge >= 0.3 is 5.97 Å². The summed E-state index contributed by atoms with van der Waals surface area (Å²) in [6.07, 6.45) is 1.67. The molecular formula is C12H24N2O4. The molecule has 0 aliphatic heterocycles. The third kappa shape index (κ3) is 8.95. The molecule has 0 spiro atoms. The molecule has 6 heteroatoms. The molecule has 18 heavy (non-hydrogen) atoms. The molecule has 0 aromatic heterocycles. The van der Waals surface area contributed by atoms with Crippen LogP contribution in [0.3, 0.4) is 0 Å². The third-order valence-electron chi connectivity index (χ3n) is 2.33. The van der Waals surface area contributed by atoms with Crippen molar-refractivity contribution in [3.63, 3.8) is 0 Å². The molecule has 0 fully saturated rings. The van der Waals surface area contributed by atoms with Gasteiger partial charge in [0.05, 0.1) is 20.2 Å². The molecule has 0 aliphatic rings. The number of hydrogen-bond donors (Lipinski definition) is 1. The van der Waals surface area contributed by atoms with Crippen molar-refractivity contribution >= 4 is 11.9 Å². The Morgan fingerprint density at radius 3 is 2.50 bits per heavy atom. The van der Waals surface area contributed by atoms with Gasteiger partial charge in [-0.05, 0) is 19.4 Å². The van der Waals surface area contributed by atoms with Gasteiger partial charge < -0.3 is 14.8 Å². The Bertz CT molecular complexity index is 246. The molecule has 0 rings (SSSR count). The summed E-state index contributed by atoms with van der Waals surface area (Å²) in [5.74, 6) is -0.404. The van der Waals surface area contributed by atoms with Crippen molar-refractivity contribution in [2.75, 3.05) is 47.0 Å². The lowest BCUT2D eigenvalue weighted by molar-refractivity contribution is -0.142. The number of carbonyl (C=O) groups excluding carboxylic acids is 2. The molecule has 106 valence electrons. The van der Waals surface area contributed by atoms with E-state index in [1.807, 2.05) is 6.92 Å². The van der Waals surface area contributed by atoms with Crippen molar-refractivity contribution in [3.8, 4) is 0 Å². The predicted molar refractivity (Wildman–Crippen MR) is 68.2 cm³/mol. The van der Waals surface area contributed by atoms with Gasteiger partial charge in [-0.3, -0.25) is 14.5 Å². The van der Waals surface area contributed by atoms with Crippen molar-refractivity contribution in [1.82, 2.24) is 10.2 Å². The number of nitrogens with zero attached hydrogens (tertiary/aromatic N) is 1. The number of rotatable bonds is 10. The number of hydrogen-bond acceptors (Lipinski definition) is 5. The summed E-state index contributed by atoms with van der Waals surface area (Å²) in [5.41, 5.74) is 0. The first-order valence-electron chi connectivity index (χ1n) is 6.18. The van der Waals surface area contributed by atoms with Crippen LogP contribution < -0.4 is 5.32 Å². The summed E-state index contributed by atoms with van der Waals surface area (Å²) in [6.45, 7) is 4.28. The van der Waals surface area contributed by atoms with E-state index < -0.39 is 0 Å². The topological polar surface area (TPSA) is 67.9 Å². The highest BCUT2D eigenvalue weighted by molar-refractivity contribution is 5.79. The monoisotopic (exact) mass is 260 g/mol. The normalized spacial score (nSPS) is 10.4. The summed E-state index contributed by atoms with van der Waals surface area (Å²) in [4.78, 5) is 24.6. The highest BCUT2D eigenvalue weighted by Gasteiger charge is 2.13. The Labute approximate surface area is 109 Å². The van der Waals surface area contributed by atoms with Gasteiger partial charge in [-0.15, -0.1) is 0 Å². The van der Waals surface area contributed by atoms with Crippen molar-refractivity contribution in [3.05, 3.63) is 0 Å². The zero-order valence-corrected chi connectivity index (χ0v) is 11.5. The van der Waals surface area contributed by atoms with Crippen LogP contribution in [0.15, 0.2) is 0 Å².